The van der Waals surface area contributed by atoms with Gasteiger partial charge in [-0.15, -0.1) is 9.05 Å². The molecule has 0 saturated carbocycles. The second kappa shape index (κ2) is 8.76. The van der Waals surface area contributed by atoms with E-state index in [9.17, 15) is 4.57 Å². The third-order valence-corrected chi connectivity index (χ3v) is 3.31. The van der Waals surface area contributed by atoms with Gasteiger partial charge in [0.15, 0.2) is 0 Å². The fraction of sp³-hybridized carbons (Fsp3) is 0.333. The Hall–Kier alpha value is -1.28. The zero-order chi connectivity index (χ0) is 14.1. The molecule has 0 bridgehead atoms. The Labute approximate surface area is 115 Å². The van der Waals surface area contributed by atoms with Crippen LogP contribution in [0.3, 0.4) is 0 Å². The Morgan fingerprint density at radius 2 is 1.53 bits per heavy atom. The molecule has 0 N–H and O–H groups in total. The van der Waals surface area contributed by atoms with Crippen LogP contribution in [0.4, 0.5) is 0 Å². The average molecular weight is 279 g/mol. The lowest BCUT2D eigenvalue weighted by atomic mass is 10.1. The van der Waals surface area contributed by atoms with Crippen LogP contribution in [0, 0.1) is 6.92 Å². The summed E-state index contributed by atoms with van der Waals surface area (Å²) in [5.74, 6) is 0. The van der Waals surface area contributed by atoms with E-state index in [0.717, 1.165) is 0 Å². The van der Waals surface area contributed by atoms with Crippen LogP contribution in [0.25, 0.3) is 10.8 Å². The Morgan fingerprint density at radius 1 is 0.947 bits per heavy atom. The quantitative estimate of drug-likeness (QED) is 0.749. The number of rotatable bonds is 4. The minimum absolute atomic E-state index is 0.440. The van der Waals surface area contributed by atoms with Crippen LogP contribution in [-0.4, -0.2) is 13.2 Å². The summed E-state index contributed by atoms with van der Waals surface area (Å²) in [7, 11) is -1.83. The summed E-state index contributed by atoms with van der Waals surface area (Å²) < 4.78 is 19.5. The molecule has 3 nitrogen and oxygen atoms in total. The molecule has 0 amide bonds. The number of hydrogen-bond donors (Lipinski definition) is 0. The molecule has 0 fully saturated rings. The van der Waals surface area contributed by atoms with Crippen LogP contribution >= 0.6 is 8.25 Å². The first-order valence-electron chi connectivity index (χ1n) is 6.35. The fourth-order valence-corrected chi connectivity index (χ4v) is 2.05. The molecule has 0 aliphatic rings. The summed E-state index contributed by atoms with van der Waals surface area (Å²) in [6, 6.07) is 14.9. The van der Waals surface area contributed by atoms with E-state index in [1.807, 2.05) is 0 Å². The van der Waals surface area contributed by atoms with Crippen molar-refractivity contribution in [3.63, 3.8) is 0 Å². The summed E-state index contributed by atoms with van der Waals surface area (Å²) >= 11 is 0. The Kier molecular flexibility index (Phi) is 7.27. The van der Waals surface area contributed by atoms with Crippen LogP contribution in [0.15, 0.2) is 42.5 Å². The van der Waals surface area contributed by atoms with E-state index < -0.39 is 8.25 Å². The molecule has 0 unspecified atom stereocenters. The van der Waals surface area contributed by atoms with Gasteiger partial charge in [-0.1, -0.05) is 48.0 Å². The van der Waals surface area contributed by atoms with Crippen molar-refractivity contribution in [2.45, 2.75) is 20.8 Å². The summed E-state index contributed by atoms with van der Waals surface area (Å²) in [4.78, 5) is 0. The molecule has 2 aromatic rings. The minimum atomic E-state index is -1.83. The van der Waals surface area contributed by atoms with Crippen LogP contribution < -0.4 is 0 Å². The number of benzene rings is 2. The molecule has 2 rings (SSSR count). The highest BCUT2D eigenvalue weighted by Gasteiger charge is 2.15. The lowest BCUT2D eigenvalue weighted by Gasteiger charge is -1.96. The van der Waals surface area contributed by atoms with Crippen molar-refractivity contribution in [1.29, 1.82) is 0 Å². The monoisotopic (exact) mass is 279 g/mol. The molecular formula is C15H20O3P+. The molecule has 0 saturated heterocycles. The van der Waals surface area contributed by atoms with E-state index in [4.69, 9.17) is 0 Å². The molecule has 0 radical (unpaired) electrons. The van der Waals surface area contributed by atoms with Crippen molar-refractivity contribution < 1.29 is 13.6 Å². The van der Waals surface area contributed by atoms with Gasteiger partial charge in [0.2, 0.25) is 0 Å². The molecule has 0 aromatic heterocycles. The predicted molar refractivity (Wildman–Crippen MR) is 79.5 cm³/mol. The maximum atomic E-state index is 10.3. The largest absolute Gasteiger partial charge is 0.697 e. The second-order valence-electron chi connectivity index (χ2n) is 3.91. The van der Waals surface area contributed by atoms with E-state index in [1.165, 1.54) is 16.3 Å². The van der Waals surface area contributed by atoms with Crippen molar-refractivity contribution in [3.8, 4) is 0 Å². The van der Waals surface area contributed by atoms with Crippen molar-refractivity contribution in [2.24, 2.45) is 0 Å². The number of fused-ring (bicyclic) bond motifs is 1. The van der Waals surface area contributed by atoms with Gasteiger partial charge in [-0.25, -0.2) is 0 Å². The highest BCUT2D eigenvalue weighted by atomic mass is 31.1. The maximum absolute atomic E-state index is 10.3. The molecule has 0 atom stereocenters. The zero-order valence-electron chi connectivity index (χ0n) is 11.6. The van der Waals surface area contributed by atoms with Gasteiger partial charge in [-0.3, -0.25) is 0 Å². The molecule has 0 aliphatic carbocycles. The molecular weight excluding hydrogens is 259 g/mol. The summed E-state index contributed by atoms with van der Waals surface area (Å²) in [6.07, 6.45) is 0. The van der Waals surface area contributed by atoms with Gasteiger partial charge in [0.25, 0.3) is 0 Å². The van der Waals surface area contributed by atoms with Crippen LogP contribution in [0.2, 0.25) is 0 Å². The minimum Gasteiger partial charge on any atom is -0.119 e. The van der Waals surface area contributed by atoms with Gasteiger partial charge in [0.1, 0.15) is 13.2 Å². The number of hydrogen-bond acceptors (Lipinski definition) is 3. The first-order valence-corrected chi connectivity index (χ1v) is 7.45. The van der Waals surface area contributed by atoms with E-state index in [2.05, 4.69) is 58.4 Å². The van der Waals surface area contributed by atoms with Gasteiger partial charge in [-0.05, 0) is 31.5 Å². The number of aryl methyl sites for hydroxylation is 1. The van der Waals surface area contributed by atoms with Crippen molar-refractivity contribution in [2.75, 3.05) is 13.2 Å². The van der Waals surface area contributed by atoms with Crippen LogP contribution in [-0.2, 0) is 13.6 Å². The molecule has 4 heteroatoms. The average Bonchev–Trinajstić information content (AvgIpc) is 2.40. The highest BCUT2D eigenvalue weighted by molar-refractivity contribution is 7.33. The standard InChI is InChI=1S/C11H10.C4H10O3P/c1-9-6-7-10-4-2-3-5-11(10)8-9;1-3-6-8(5)7-4-2/h2-8H,1H3;3-4H2,1-2H3/q;+1. The topological polar surface area (TPSA) is 35.5 Å². The highest BCUT2D eigenvalue weighted by Crippen LogP contribution is 2.21. The van der Waals surface area contributed by atoms with E-state index in [0.29, 0.717) is 13.2 Å². The molecule has 102 valence electrons. The first-order chi connectivity index (χ1) is 9.17. The van der Waals surface area contributed by atoms with Gasteiger partial charge >= 0.3 is 8.25 Å². The molecule has 0 spiro atoms. The third-order valence-electron chi connectivity index (χ3n) is 2.37. The molecule has 0 aliphatic heterocycles. The summed E-state index contributed by atoms with van der Waals surface area (Å²) in [5.41, 5.74) is 1.32. The van der Waals surface area contributed by atoms with Crippen molar-refractivity contribution >= 4 is 19.0 Å². The zero-order valence-corrected chi connectivity index (χ0v) is 12.5. The Balaban J connectivity index is 0.000000203. The van der Waals surface area contributed by atoms with Gasteiger partial charge in [-0.2, -0.15) is 0 Å². The van der Waals surface area contributed by atoms with Gasteiger partial charge < -0.3 is 0 Å². The Bertz CT molecular complexity index is 518. The van der Waals surface area contributed by atoms with E-state index in [1.54, 1.807) is 13.8 Å². The SMILES string of the molecule is CCO[P+](=O)OCC.Cc1ccc2ccccc2c1. The van der Waals surface area contributed by atoms with E-state index >= 15 is 0 Å². The fourth-order valence-electron chi connectivity index (χ4n) is 1.56. The lowest BCUT2D eigenvalue weighted by Crippen LogP contribution is -1.81. The smallest absolute Gasteiger partial charge is 0.119 e. The van der Waals surface area contributed by atoms with E-state index in [-0.39, 0.29) is 0 Å². The van der Waals surface area contributed by atoms with Crippen LogP contribution in [0.5, 0.6) is 0 Å². The normalized spacial score (nSPS) is 9.84. The molecule has 2 aromatic carbocycles. The first kappa shape index (κ1) is 15.8. The van der Waals surface area contributed by atoms with Gasteiger partial charge in [0.05, 0.1) is 0 Å². The molecule has 19 heavy (non-hydrogen) atoms. The summed E-state index contributed by atoms with van der Waals surface area (Å²) in [5, 5.41) is 2.64. The van der Waals surface area contributed by atoms with Gasteiger partial charge in [0, 0.05) is 4.57 Å². The van der Waals surface area contributed by atoms with Crippen LogP contribution in [0.1, 0.15) is 19.4 Å². The molecule has 0 heterocycles. The second-order valence-corrected chi connectivity index (χ2v) is 4.87. The summed E-state index contributed by atoms with van der Waals surface area (Å²) in [6.45, 7) is 6.54. The third kappa shape index (κ3) is 5.93. The Morgan fingerprint density at radius 3 is 2.11 bits per heavy atom. The van der Waals surface area contributed by atoms with Crippen molar-refractivity contribution in [3.05, 3.63) is 48.0 Å². The predicted octanol–water partition coefficient (Wildman–Crippen LogP) is 4.87. The van der Waals surface area contributed by atoms with Crippen molar-refractivity contribution in [1.82, 2.24) is 0 Å². The maximum Gasteiger partial charge on any atom is 0.697 e. The lowest BCUT2D eigenvalue weighted by molar-refractivity contribution is 0.243.